The third-order valence-electron chi connectivity index (χ3n) is 2.39. The molecule has 0 aliphatic heterocycles. The van der Waals surface area contributed by atoms with Gasteiger partial charge in [-0.3, -0.25) is 14.9 Å². The quantitative estimate of drug-likeness (QED) is 0.450. The molecule has 0 amide bonds. The summed E-state index contributed by atoms with van der Waals surface area (Å²) in [6.07, 6.45) is 0.788. The van der Waals surface area contributed by atoms with Gasteiger partial charge in [0.25, 0.3) is 0 Å². The number of ether oxygens (including phenoxy) is 1. The number of carbonyl (C=O) groups is 1. The molecule has 1 aromatic carbocycles. The molecule has 20 heavy (non-hydrogen) atoms. The number of carboxylic acid groups (broad SMARTS) is 1. The van der Waals surface area contributed by atoms with Gasteiger partial charge in [-0.25, -0.2) is 0 Å². The van der Waals surface area contributed by atoms with Crippen molar-refractivity contribution in [2.75, 3.05) is 6.61 Å². The van der Waals surface area contributed by atoms with Gasteiger partial charge in [-0.15, -0.1) is 11.8 Å². The summed E-state index contributed by atoms with van der Waals surface area (Å²) in [5, 5.41) is 19.5. The molecule has 0 spiro atoms. The monoisotopic (exact) mass is 299 g/mol. The van der Waals surface area contributed by atoms with Gasteiger partial charge in [0.1, 0.15) is 0 Å². The molecule has 0 radical (unpaired) electrons. The number of aliphatic carboxylic acids is 1. The van der Waals surface area contributed by atoms with E-state index in [-0.39, 0.29) is 23.1 Å². The molecule has 1 unspecified atom stereocenters. The highest BCUT2D eigenvalue weighted by Gasteiger charge is 2.17. The van der Waals surface area contributed by atoms with Crippen LogP contribution >= 0.6 is 11.8 Å². The van der Waals surface area contributed by atoms with Crippen LogP contribution in [-0.4, -0.2) is 27.9 Å². The minimum absolute atomic E-state index is 0.0345. The lowest BCUT2D eigenvalue weighted by Crippen LogP contribution is -2.05. The van der Waals surface area contributed by atoms with Crippen LogP contribution in [0.2, 0.25) is 0 Å². The second-order valence-electron chi connectivity index (χ2n) is 4.26. The van der Waals surface area contributed by atoms with Crippen molar-refractivity contribution in [1.82, 2.24) is 0 Å². The second-order valence-corrected chi connectivity index (χ2v) is 5.77. The summed E-state index contributed by atoms with van der Waals surface area (Å²) in [5.41, 5.74) is -0.0753. The Kier molecular flexibility index (Phi) is 6.30. The lowest BCUT2D eigenvalue weighted by atomic mass is 10.3. The maximum atomic E-state index is 10.9. The van der Waals surface area contributed by atoms with Crippen molar-refractivity contribution >= 4 is 23.4 Å². The van der Waals surface area contributed by atoms with Crippen LogP contribution in [0.3, 0.4) is 0 Å². The van der Waals surface area contributed by atoms with Crippen molar-refractivity contribution in [3.8, 4) is 5.75 Å². The van der Waals surface area contributed by atoms with Crippen molar-refractivity contribution in [1.29, 1.82) is 0 Å². The average Bonchev–Trinajstić information content (AvgIpc) is 2.35. The topological polar surface area (TPSA) is 89.7 Å². The molecule has 7 heteroatoms. The van der Waals surface area contributed by atoms with E-state index in [9.17, 15) is 14.9 Å². The fraction of sp³-hybridized carbons (Fsp3) is 0.462. The predicted molar refractivity (Wildman–Crippen MR) is 76.5 cm³/mol. The van der Waals surface area contributed by atoms with E-state index in [1.807, 2.05) is 6.92 Å². The first-order valence-electron chi connectivity index (χ1n) is 6.23. The van der Waals surface area contributed by atoms with Gasteiger partial charge in [0.15, 0.2) is 5.75 Å². The Morgan fingerprint density at radius 3 is 2.80 bits per heavy atom. The van der Waals surface area contributed by atoms with Crippen LogP contribution in [0.25, 0.3) is 0 Å². The summed E-state index contributed by atoms with van der Waals surface area (Å²) < 4.78 is 5.38. The number of nitro benzene ring substituents is 1. The summed E-state index contributed by atoms with van der Waals surface area (Å²) in [7, 11) is 0. The van der Waals surface area contributed by atoms with E-state index in [1.165, 1.54) is 17.8 Å². The van der Waals surface area contributed by atoms with Gasteiger partial charge < -0.3 is 9.84 Å². The molecule has 0 bridgehead atoms. The molecule has 0 aliphatic carbocycles. The fourth-order valence-electron chi connectivity index (χ4n) is 1.57. The molecule has 6 nitrogen and oxygen atoms in total. The number of carboxylic acids is 1. The Bertz CT molecular complexity index is 492. The molecule has 0 saturated heterocycles. The van der Waals surface area contributed by atoms with E-state index in [4.69, 9.17) is 9.84 Å². The summed E-state index contributed by atoms with van der Waals surface area (Å²) in [5.74, 6) is -0.640. The Labute approximate surface area is 121 Å². The molecule has 0 aliphatic rings. The van der Waals surface area contributed by atoms with Crippen LogP contribution in [0.4, 0.5) is 5.69 Å². The summed E-state index contributed by atoms with van der Waals surface area (Å²) in [4.78, 5) is 21.8. The van der Waals surface area contributed by atoms with Gasteiger partial charge in [0, 0.05) is 22.3 Å². The smallest absolute Gasteiger partial charge is 0.310 e. The number of hydrogen-bond donors (Lipinski definition) is 1. The largest absolute Gasteiger partial charge is 0.487 e. The first-order valence-corrected chi connectivity index (χ1v) is 7.11. The minimum atomic E-state index is -0.866. The maximum absolute atomic E-state index is 10.9. The highest BCUT2D eigenvalue weighted by molar-refractivity contribution is 8.00. The van der Waals surface area contributed by atoms with Gasteiger partial charge in [-0.1, -0.05) is 13.8 Å². The van der Waals surface area contributed by atoms with Gasteiger partial charge in [0.05, 0.1) is 18.0 Å². The summed E-state index contributed by atoms with van der Waals surface area (Å²) in [6, 6.07) is 4.59. The molecule has 1 N–H and O–H groups in total. The van der Waals surface area contributed by atoms with Gasteiger partial charge in [-0.05, 0) is 12.5 Å². The summed E-state index contributed by atoms with van der Waals surface area (Å²) in [6.45, 7) is 4.12. The highest BCUT2D eigenvalue weighted by atomic mass is 32.2. The average molecular weight is 299 g/mol. The Morgan fingerprint density at radius 2 is 2.25 bits per heavy atom. The van der Waals surface area contributed by atoms with Gasteiger partial charge in [-0.2, -0.15) is 0 Å². The van der Waals surface area contributed by atoms with E-state index in [2.05, 4.69) is 0 Å². The Hall–Kier alpha value is -1.76. The normalized spacial score (nSPS) is 11.9. The molecule has 0 fully saturated rings. The van der Waals surface area contributed by atoms with E-state index >= 15 is 0 Å². The maximum Gasteiger partial charge on any atom is 0.310 e. The highest BCUT2D eigenvalue weighted by Crippen LogP contribution is 2.34. The van der Waals surface area contributed by atoms with Crippen LogP contribution in [0.5, 0.6) is 5.75 Å². The molecule has 1 rings (SSSR count). The predicted octanol–water partition coefficient (Wildman–Crippen LogP) is 3.34. The zero-order valence-electron chi connectivity index (χ0n) is 11.4. The SMILES string of the molecule is CCCOc1cc(SC(C)CC(=O)O)ccc1[N+](=O)[O-]. The number of nitro groups is 1. The fourth-order valence-corrected chi connectivity index (χ4v) is 2.58. The molecule has 0 aromatic heterocycles. The van der Waals surface area contributed by atoms with Crippen LogP contribution < -0.4 is 4.74 Å². The minimum Gasteiger partial charge on any atom is -0.487 e. The zero-order valence-corrected chi connectivity index (χ0v) is 12.2. The van der Waals surface area contributed by atoms with Crippen molar-refractivity contribution in [3.05, 3.63) is 28.3 Å². The van der Waals surface area contributed by atoms with Crippen molar-refractivity contribution in [2.45, 2.75) is 36.8 Å². The summed E-state index contributed by atoms with van der Waals surface area (Å²) >= 11 is 1.36. The van der Waals surface area contributed by atoms with Crippen LogP contribution in [0.15, 0.2) is 23.1 Å². The lowest BCUT2D eigenvalue weighted by Gasteiger charge is -2.10. The number of benzene rings is 1. The molecule has 0 saturated carbocycles. The molecular weight excluding hydrogens is 282 g/mol. The second kappa shape index (κ2) is 7.74. The van der Waals surface area contributed by atoms with E-state index < -0.39 is 10.9 Å². The molecule has 1 aromatic rings. The zero-order chi connectivity index (χ0) is 15.1. The van der Waals surface area contributed by atoms with Crippen molar-refractivity contribution < 1.29 is 19.6 Å². The van der Waals surface area contributed by atoms with E-state index in [0.717, 1.165) is 11.3 Å². The molecular formula is C13H17NO5S. The van der Waals surface area contributed by atoms with Crippen molar-refractivity contribution in [2.24, 2.45) is 0 Å². The number of hydrogen-bond acceptors (Lipinski definition) is 5. The first kappa shape index (κ1) is 16.3. The van der Waals surface area contributed by atoms with E-state index in [0.29, 0.717) is 6.61 Å². The van der Waals surface area contributed by atoms with E-state index in [1.54, 1.807) is 19.1 Å². The lowest BCUT2D eigenvalue weighted by molar-refractivity contribution is -0.385. The number of rotatable bonds is 8. The first-order chi connectivity index (χ1) is 9.43. The third kappa shape index (κ3) is 5.08. The van der Waals surface area contributed by atoms with Gasteiger partial charge in [0.2, 0.25) is 0 Å². The van der Waals surface area contributed by atoms with Crippen LogP contribution in [0.1, 0.15) is 26.7 Å². The Balaban J connectivity index is 2.88. The molecule has 110 valence electrons. The van der Waals surface area contributed by atoms with Crippen LogP contribution in [0, 0.1) is 10.1 Å². The van der Waals surface area contributed by atoms with Crippen molar-refractivity contribution in [3.63, 3.8) is 0 Å². The van der Waals surface area contributed by atoms with Crippen LogP contribution in [-0.2, 0) is 4.79 Å². The number of nitrogens with zero attached hydrogens (tertiary/aromatic N) is 1. The standard InChI is InChI=1S/C13H17NO5S/c1-3-6-19-12-8-10(4-5-11(12)14(17)18)20-9(2)7-13(15)16/h4-5,8-9H,3,6-7H2,1-2H3,(H,15,16). The Morgan fingerprint density at radius 1 is 1.55 bits per heavy atom. The third-order valence-corrected chi connectivity index (χ3v) is 3.48. The number of thioether (sulfide) groups is 1. The molecule has 0 heterocycles. The molecule has 1 atom stereocenters. The van der Waals surface area contributed by atoms with Gasteiger partial charge >= 0.3 is 11.7 Å².